The van der Waals surface area contributed by atoms with E-state index in [0.29, 0.717) is 22.8 Å². The molecule has 2 N–H and O–H groups in total. The Balaban J connectivity index is 1.91. The van der Waals surface area contributed by atoms with E-state index in [9.17, 15) is 21.0 Å². The molecule has 0 aliphatic rings. The van der Waals surface area contributed by atoms with Gasteiger partial charge in [0.15, 0.2) is 11.1 Å². The standard InChI is InChI=1S/C26H16N6/c27-15-21(16-28)25(19-7-3-1-4-8-19)31-23-11-13-24(14-12-23)32-26(22(17-29)18-30)20-9-5-2-6-10-20/h1-14,31-32H. The summed E-state index contributed by atoms with van der Waals surface area (Å²) in [6.07, 6.45) is 0. The lowest BCUT2D eigenvalue weighted by atomic mass is 10.1. The van der Waals surface area contributed by atoms with Crippen molar-refractivity contribution in [3.8, 4) is 24.3 Å². The van der Waals surface area contributed by atoms with Gasteiger partial charge in [0.1, 0.15) is 24.3 Å². The molecule has 0 radical (unpaired) electrons. The van der Waals surface area contributed by atoms with Crippen molar-refractivity contribution >= 4 is 22.8 Å². The molecule has 0 aliphatic heterocycles. The fourth-order valence-electron chi connectivity index (χ4n) is 2.97. The molecule has 0 atom stereocenters. The minimum atomic E-state index is -0.0274. The Morgan fingerprint density at radius 2 is 0.781 bits per heavy atom. The first-order valence-corrected chi connectivity index (χ1v) is 9.54. The number of hydrogen-bond acceptors (Lipinski definition) is 6. The van der Waals surface area contributed by atoms with Crippen molar-refractivity contribution in [1.82, 2.24) is 0 Å². The van der Waals surface area contributed by atoms with E-state index in [1.165, 1.54) is 0 Å². The Hall–Kier alpha value is -5.30. The Bertz CT molecular complexity index is 1190. The third-order valence-electron chi connectivity index (χ3n) is 4.50. The van der Waals surface area contributed by atoms with Crippen LogP contribution in [-0.4, -0.2) is 0 Å². The van der Waals surface area contributed by atoms with Crippen molar-refractivity contribution in [1.29, 1.82) is 21.0 Å². The fraction of sp³-hybridized carbons (Fsp3) is 0. The van der Waals surface area contributed by atoms with Gasteiger partial charge in [-0.15, -0.1) is 0 Å². The van der Waals surface area contributed by atoms with E-state index in [2.05, 4.69) is 10.6 Å². The van der Waals surface area contributed by atoms with Crippen LogP contribution in [0.15, 0.2) is 96.1 Å². The van der Waals surface area contributed by atoms with E-state index in [0.717, 1.165) is 11.1 Å². The molecule has 0 bridgehead atoms. The van der Waals surface area contributed by atoms with Gasteiger partial charge < -0.3 is 10.6 Å². The van der Waals surface area contributed by atoms with Gasteiger partial charge in [0.2, 0.25) is 0 Å². The van der Waals surface area contributed by atoms with E-state index in [1.54, 1.807) is 24.3 Å². The van der Waals surface area contributed by atoms with Gasteiger partial charge >= 0.3 is 0 Å². The molecular weight excluding hydrogens is 396 g/mol. The van der Waals surface area contributed by atoms with Crippen molar-refractivity contribution in [2.24, 2.45) is 0 Å². The number of allylic oxidation sites excluding steroid dienone is 2. The first kappa shape index (κ1) is 21.4. The molecule has 3 rings (SSSR count). The third-order valence-corrected chi connectivity index (χ3v) is 4.50. The van der Waals surface area contributed by atoms with Crippen molar-refractivity contribution in [3.05, 3.63) is 107 Å². The Morgan fingerprint density at radius 1 is 0.469 bits per heavy atom. The molecule has 3 aromatic carbocycles. The normalized spacial score (nSPS) is 9.12. The highest BCUT2D eigenvalue weighted by atomic mass is 14.9. The molecule has 0 aliphatic carbocycles. The molecule has 0 spiro atoms. The minimum Gasteiger partial charge on any atom is -0.353 e. The first-order valence-electron chi connectivity index (χ1n) is 9.54. The summed E-state index contributed by atoms with van der Waals surface area (Å²) in [5, 5.41) is 43.7. The quantitative estimate of drug-likeness (QED) is 0.521. The van der Waals surface area contributed by atoms with Gasteiger partial charge in [0, 0.05) is 22.5 Å². The average Bonchev–Trinajstić information content (AvgIpc) is 2.86. The van der Waals surface area contributed by atoms with Gasteiger partial charge in [-0.05, 0) is 24.3 Å². The smallest absolute Gasteiger partial charge is 0.153 e. The monoisotopic (exact) mass is 412 g/mol. The van der Waals surface area contributed by atoms with Crippen molar-refractivity contribution in [3.63, 3.8) is 0 Å². The second-order valence-electron chi connectivity index (χ2n) is 6.51. The molecule has 150 valence electrons. The lowest BCUT2D eigenvalue weighted by Crippen LogP contribution is -2.04. The number of benzene rings is 3. The maximum atomic E-state index is 9.35. The predicted molar refractivity (Wildman–Crippen MR) is 123 cm³/mol. The highest BCUT2D eigenvalue weighted by molar-refractivity contribution is 5.86. The summed E-state index contributed by atoms with van der Waals surface area (Å²) in [6.45, 7) is 0. The predicted octanol–water partition coefficient (Wildman–Crippen LogP) is 5.43. The molecule has 0 aromatic heterocycles. The summed E-state index contributed by atoms with van der Waals surface area (Å²) >= 11 is 0. The summed E-state index contributed by atoms with van der Waals surface area (Å²) in [5.74, 6) is 0. The van der Waals surface area contributed by atoms with Crippen molar-refractivity contribution in [2.75, 3.05) is 10.6 Å². The molecule has 6 nitrogen and oxygen atoms in total. The maximum absolute atomic E-state index is 9.35. The van der Waals surface area contributed by atoms with E-state index < -0.39 is 0 Å². The fourth-order valence-corrected chi connectivity index (χ4v) is 2.97. The van der Waals surface area contributed by atoms with Crippen LogP contribution in [0.2, 0.25) is 0 Å². The topological polar surface area (TPSA) is 119 Å². The van der Waals surface area contributed by atoms with Crippen LogP contribution >= 0.6 is 0 Å². The van der Waals surface area contributed by atoms with Gasteiger partial charge in [-0.25, -0.2) is 0 Å². The first-order chi connectivity index (χ1) is 15.7. The third kappa shape index (κ3) is 5.00. The summed E-state index contributed by atoms with van der Waals surface area (Å²) in [5.41, 5.74) is 3.55. The Labute approximate surface area is 186 Å². The molecule has 0 saturated heterocycles. The van der Waals surface area contributed by atoms with Gasteiger partial charge in [-0.3, -0.25) is 0 Å². The zero-order valence-corrected chi connectivity index (χ0v) is 16.9. The van der Waals surface area contributed by atoms with Crippen LogP contribution < -0.4 is 10.6 Å². The number of hydrogen-bond donors (Lipinski definition) is 2. The van der Waals surface area contributed by atoms with Crippen LogP contribution in [0.25, 0.3) is 11.4 Å². The lowest BCUT2D eigenvalue weighted by molar-refractivity contribution is 1.43. The van der Waals surface area contributed by atoms with E-state index >= 15 is 0 Å². The lowest BCUT2D eigenvalue weighted by Gasteiger charge is -2.14. The van der Waals surface area contributed by atoms with Gasteiger partial charge in [0.05, 0.1) is 11.4 Å². The zero-order chi connectivity index (χ0) is 22.8. The number of rotatable bonds is 6. The van der Waals surface area contributed by atoms with Crippen LogP contribution in [0.1, 0.15) is 11.1 Å². The average molecular weight is 412 g/mol. The molecule has 0 amide bonds. The number of nitrogens with one attached hydrogen (secondary N) is 2. The van der Waals surface area contributed by atoms with Crippen LogP contribution in [0, 0.1) is 45.3 Å². The van der Waals surface area contributed by atoms with Crippen LogP contribution in [0.4, 0.5) is 11.4 Å². The minimum absolute atomic E-state index is 0.0274. The number of nitriles is 4. The van der Waals surface area contributed by atoms with E-state index in [4.69, 9.17) is 0 Å². The van der Waals surface area contributed by atoms with Crippen LogP contribution in [0.3, 0.4) is 0 Å². The zero-order valence-electron chi connectivity index (χ0n) is 16.9. The summed E-state index contributed by atoms with van der Waals surface area (Å²) in [7, 11) is 0. The molecule has 32 heavy (non-hydrogen) atoms. The number of nitrogens with zero attached hydrogens (tertiary/aromatic N) is 4. The summed E-state index contributed by atoms with van der Waals surface area (Å²) in [4.78, 5) is 0. The van der Waals surface area contributed by atoms with Gasteiger partial charge in [-0.2, -0.15) is 21.0 Å². The highest BCUT2D eigenvalue weighted by Gasteiger charge is 2.11. The van der Waals surface area contributed by atoms with Crippen molar-refractivity contribution in [2.45, 2.75) is 0 Å². The van der Waals surface area contributed by atoms with E-state index in [-0.39, 0.29) is 11.1 Å². The second-order valence-corrected chi connectivity index (χ2v) is 6.51. The maximum Gasteiger partial charge on any atom is 0.153 e. The largest absolute Gasteiger partial charge is 0.353 e. The van der Waals surface area contributed by atoms with E-state index in [1.807, 2.05) is 84.9 Å². The molecule has 0 fully saturated rings. The Kier molecular flexibility index (Phi) is 7.00. The van der Waals surface area contributed by atoms with Crippen LogP contribution in [-0.2, 0) is 0 Å². The second kappa shape index (κ2) is 10.5. The van der Waals surface area contributed by atoms with Crippen LogP contribution in [0.5, 0.6) is 0 Å². The van der Waals surface area contributed by atoms with Gasteiger partial charge in [-0.1, -0.05) is 60.7 Å². The number of anilines is 2. The summed E-state index contributed by atoms with van der Waals surface area (Å²) < 4.78 is 0. The highest BCUT2D eigenvalue weighted by Crippen LogP contribution is 2.25. The SMILES string of the molecule is N#CC(C#N)=C(Nc1ccc(NC(=C(C#N)C#N)c2ccccc2)cc1)c1ccccc1. The molecule has 3 aromatic rings. The Morgan fingerprint density at radius 3 is 1.06 bits per heavy atom. The molecule has 0 unspecified atom stereocenters. The summed E-state index contributed by atoms with van der Waals surface area (Å²) in [6, 6.07) is 33.1. The molecular formula is C26H16N6. The van der Waals surface area contributed by atoms with Crippen molar-refractivity contribution < 1.29 is 0 Å². The molecule has 0 heterocycles. The van der Waals surface area contributed by atoms with Gasteiger partial charge in [0.25, 0.3) is 0 Å². The molecule has 6 heteroatoms. The molecule has 0 saturated carbocycles.